The van der Waals surface area contributed by atoms with Gasteiger partial charge in [-0.25, -0.2) is 13.6 Å². The van der Waals surface area contributed by atoms with Gasteiger partial charge in [0.05, 0.1) is 0 Å². The number of hydrogen-bond donors (Lipinski definition) is 2. The lowest BCUT2D eigenvalue weighted by molar-refractivity contribution is -0.132. The molecule has 0 saturated heterocycles. The molecule has 0 aromatic heterocycles. The van der Waals surface area contributed by atoms with Crippen LogP contribution in [0.5, 0.6) is 0 Å². The average Bonchev–Trinajstić information content (AvgIpc) is 2.69. The zero-order valence-electron chi connectivity index (χ0n) is 6.96. The first kappa shape index (κ1) is 9.95. The van der Waals surface area contributed by atoms with Gasteiger partial charge in [-0.3, -0.25) is 0 Å². The van der Waals surface area contributed by atoms with Crippen LogP contribution in [-0.2, 0) is 4.79 Å². The van der Waals surface area contributed by atoms with Crippen molar-refractivity contribution in [1.29, 1.82) is 0 Å². The maximum Gasteiger partial charge on any atom is 0.351 e. The second-order valence-corrected chi connectivity index (χ2v) is 3.31. The number of nitrogens with two attached hydrogens (primary N) is 1. The molecule has 0 aromatic rings. The number of alkyl halides is 2. The van der Waals surface area contributed by atoms with Gasteiger partial charge in [-0.15, -0.1) is 0 Å². The number of halogens is 2. The third-order valence-electron chi connectivity index (χ3n) is 1.87. The smallest absolute Gasteiger partial charge is 0.351 e. The maximum absolute atomic E-state index is 12.9. The first-order chi connectivity index (χ1) is 5.91. The predicted molar refractivity (Wildman–Crippen MR) is 42.2 cm³/mol. The Hall–Kier alpha value is -1.13. The van der Waals surface area contributed by atoms with Crippen LogP contribution in [0.25, 0.3) is 0 Å². The first-order valence-electron chi connectivity index (χ1n) is 4.00. The molecule has 74 valence electrons. The molecule has 0 amide bonds. The van der Waals surface area contributed by atoms with E-state index in [1.807, 2.05) is 0 Å². The van der Waals surface area contributed by atoms with Crippen molar-refractivity contribution in [2.45, 2.75) is 25.2 Å². The van der Waals surface area contributed by atoms with Gasteiger partial charge in [0.15, 0.2) is 0 Å². The lowest BCUT2D eigenvalue weighted by Crippen LogP contribution is -2.19. The second kappa shape index (κ2) is 3.32. The van der Waals surface area contributed by atoms with E-state index < -0.39 is 17.6 Å². The van der Waals surface area contributed by atoms with Gasteiger partial charge in [0, 0.05) is 12.5 Å². The van der Waals surface area contributed by atoms with E-state index in [0.717, 1.165) is 12.8 Å². The molecular weight excluding hydrogens is 180 g/mol. The molecule has 1 saturated carbocycles. The van der Waals surface area contributed by atoms with E-state index >= 15 is 0 Å². The van der Waals surface area contributed by atoms with Crippen molar-refractivity contribution in [2.24, 2.45) is 11.7 Å². The van der Waals surface area contributed by atoms with Crippen LogP contribution in [0.15, 0.2) is 11.8 Å². The van der Waals surface area contributed by atoms with Crippen LogP contribution in [0.3, 0.4) is 0 Å². The zero-order valence-corrected chi connectivity index (χ0v) is 6.96. The molecule has 1 aliphatic rings. The molecule has 0 atom stereocenters. The summed E-state index contributed by atoms with van der Waals surface area (Å²) in [6, 6.07) is 0. The lowest BCUT2D eigenvalue weighted by atomic mass is 10.1. The predicted octanol–water partition coefficient (Wildman–Crippen LogP) is 1.35. The number of carboxylic acids is 1. The molecule has 3 nitrogen and oxygen atoms in total. The summed E-state index contributed by atoms with van der Waals surface area (Å²) in [5, 5.41) is 8.27. The lowest BCUT2D eigenvalue weighted by Gasteiger charge is -2.10. The van der Waals surface area contributed by atoms with Crippen LogP contribution in [0, 0.1) is 5.92 Å². The minimum Gasteiger partial charge on any atom is -0.477 e. The average molecular weight is 191 g/mol. The van der Waals surface area contributed by atoms with Gasteiger partial charge < -0.3 is 10.8 Å². The van der Waals surface area contributed by atoms with Crippen LogP contribution < -0.4 is 5.73 Å². The highest BCUT2D eigenvalue weighted by molar-refractivity contribution is 5.85. The minimum absolute atomic E-state index is 0.0350. The molecule has 0 aliphatic heterocycles. The van der Waals surface area contributed by atoms with E-state index in [1.165, 1.54) is 0 Å². The molecule has 1 aliphatic carbocycles. The Kier molecular flexibility index (Phi) is 2.54. The summed E-state index contributed by atoms with van der Waals surface area (Å²) in [4.78, 5) is 10.2. The van der Waals surface area contributed by atoms with E-state index in [-0.39, 0.29) is 12.3 Å². The van der Waals surface area contributed by atoms with E-state index in [1.54, 1.807) is 0 Å². The summed E-state index contributed by atoms with van der Waals surface area (Å²) in [7, 11) is 0. The van der Waals surface area contributed by atoms with Crippen LogP contribution >= 0.6 is 0 Å². The minimum atomic E-state index is -3.08. The van der Waals surface area contributed by atoms with Crippen molar-refractivity contribution in [3.05, 3.63) is 11.8 Å². The largest absolute Gasteiger partial charge is 0.477 e. The van der Waals surface area contributed by atoms with Gasteiger partial charge in [0.2, 0.25) is 0 Å². The van der Waals surface area contributed by atoms with Crippen molar-refractivity contribution in [2.75, 3.05) is 0 Å². The summed E-state index contributed by atoms with van der Waals surface area (Å²) in [5.74, 6) is -4.55. The van der Waals surface area contributed by atoms with Crippen molar-refractivity contribution in [3.8, 4) is 0 Å². The number of carbonyl (C=O) groups is 1. The number of rotatable bonds is 4. The molecule has 1 fully saturated rings. The Morgan fingerprint density at radius 1 is 1.62 bits per heavy atom. The van der Waals surface area contributed by atoms with Crippen molar-refractivity contribution >= 4 is 5.97 Å². The summed E-state index contributed by atoms with van der Waals surface area (Å²) < 4.78 is 25.8. The fourth-order valence-electron chi connectivity index (χ4n) is 1.06. The standard InChI is InChI=1S/C8H11F2NO2/c9-8(10,3-5-1-2-5)4-6(11)7(12)13/h4-5H,1-3,11H2,(H,12,13)/b6-4+. The number of hydrogen-bond acceptors (Lipinski definition) is 2. The van der Waals surface area contributed by atoms with Gasteiger partial charge in [-0.1, -0.05) is 0 Å². The molecule has 0 aromatic carbocycles. The number of aliphatic carboxylic acids is 1. The van der Waals surface area contributed by atoms with Crippen molar-refractivity contribution in [3.63, 3.8) is 0 Å². The molecule has 3 N–H and O–H groups in total. The Bertz CT molecular complexity index is 247. The Labute approximate surface area is 74.2 Å². The Morgan fingerprint density at radius 3 is 2.54 bits per heavy atom. The number of carboxylic acid groups (broad SMARTS) is 1. The molecule has 5 heteroatoms. The topological polar surface area (TPSA) is 63.3 Å². The third-order valence-corrected chi connectivity index (χ3v) is 1.87. The maximum atomic E-state index is 12.9. The van der Waals surface area contributed by atoms with Gasteiger partial charge in [-0.2, -0.15) is 0 Å². The highest BCUT2D eigenvalue weighted by Crippen LogP contribution is 2.39. The van der Waals surface area contributed by atoms with Crippen LogP contribution in [0.2, 0.25) is 0 Å². The highest BCUT2D eigenvalue weighted by Gasteiger charge is 2.36. The highest BCUT2D eigenvalue weighted by atomic mass is 19.3. The monoisotopic (exact) mass is 191 g/mol. The molecule has 0 bridgehead atoms. The molecular formula is C8H11F2NO2. The third kappa shape index (κ3) is 3.40. The number of allylic oxidation sites excluding steroid dienone is 1. The van der Waals surface area contributed by atoms with Crippen molar-refractivity contribution in [1.82, 2.24) is 0 Å². The fourth-order valence-corrected chi connectivity index (χ4v) is 1.06. The van der Waals surface area contributed by atoms with Gasteiger partial charge in [0.1, 0.15) is 5.70 Å². The summed E-state index contributed by atoms with van der Waals surface area (Å²) in [6.07, 6.45) is 1.64. The van der Waals surface area contributed by atoms with Gasteiger partial charge in [0.25, 0.3) is 5.92 Å². The van der Waals surface area contributed by atoms with Crippen LogP contribution in [0.1, 0.15) is 19.3 Å². The quantitative estimate of drug-likeness (QED) is 0.659. The molecule has 0 heterocycles. The first-order valence-corrected chi connectivity index (χ1v) is 4.00. The fraction of sp³-hybridized carbons (Fsp3) is 0.625. The van der Waals surface area contributed by atoms with E-state index in [2.05, 4.69) is 0 Å². The normalized spacial score (nSPS) is 18.8. The van der Waals surface area contributed by atoms with E-state index in [0.29, 0.717) is 6.08 Å². The summed E-state index contributed by atoms with van der Waals surface area (Å²) in [6.45, 7) is 0. The summed E-state index contributed by atoms with van der Waals surface area (Å²) in [5.41, 5.74) is 4.09. The molecule has 0 unspecified atom stereocenters. The zero-order chi connectivity index (χ0) is 10.1. The van der Waals surface area contributed by atoms with Crippen molar-refractivity contribution < 1.29 is 18.7 Å². The molecule has 0 radical (unpaired) electrons. The van der Waals surface area contributed by atoms with Gasteiger partial charge in [-0.05, 0) is 18.8 Å². The Balaban J connectivity index is 2.56. The Morgan fingerprint density at radius 2 is 2.15 bits per heavy atom. The van der Waals surface area contributed by atoms with Crippen LogP contribution in [0.4, 0.5) is 8.78 Å². The molecule has 0 spiro atoms. The van der Waals surface area contributed by atoms with Gasteiger partial charge >= 0.3 is 5.97 Å². The second-order valence-electron chi connectivity index (χ2n) is 3.31. The van der Waals surface area contributed by atoms with E-state index in [9.17, 15) is 13.6 Å². The summed E-state index contributed by atoms with van der Waals surface area (Å²) >= 11 is 0. The van der Waals surface area contributed by atoms with Crippen LogP contribution in [-0.4, -0.2) is 17.0 Å². The van der Waals surface area contributed by atoms with E-state index in [4.69, 9.17) is 10.8 Å². The molecule has 13 heavy (non-hydrogen) atoms. The SMILES string of the molecule is N/C(=C/C(F)(F)CC1CC1)C(=O)O. The molecule has 1 rings (SSSR count).